The summed E-state index contributed by atoms with van der Waals surface area (Å²) in [5.74, 6) is 0.518. The average Bonchev–Trinajstić information content (AvgIpc) is 3.52. The van der Waals surface area contributed by atoms with Crippen molar-refractivity contribution in [1.82, 2.24) is 9.88 Å². The van der Waals surface area contributed by atoms with Crippen LogP contribution in [0.2, 0.25) is 5.15 Å². The van der Waals surface area contributed by atoms with Crippen LogP contribution in [0.5, 0.6) is 0 Å². The van der Waals surface area contributed by atoms with Crippen LogP contribution in [0.3, 0.4) is 0 Å². The number of nitrogens with zero attached hydrogens (tertiary/aromatic N) is 3. The lowest BCUT2D eigenvalue weighted by atomic mass is 9.52. The van der Waals surface area contributed by atoms with E-state index in [-0.39, 0.29) is 22.8 Å². The minimum absolute atomic E-state index is 0.00542. The molecule has 3 saturated carbocycles. The van der Waals surface area contributed by atoms with Crippen LogP contribution in [-0.4, -0.2) is 16.4 Å². The van der Waals surface area contributed by atoms with E-state index in [0.717, 1.165) is 30.5 Å². The highest BCUT2D eigenvalue weighted by atomic mass is 35.5. The van der Waals surface area contributed by atoms with Gasteiger partial charge in [0, 0.05) is 30.7 Å². The number of pyridine rings is 1. The van der Waals surface area contributed by atoms with Crippen LogP contribution >= 0.6 is 11.6 Å². The molecule has 3 aliphatic carbocycles. The number of hydrogen-bond donors (Lipinski definition) is 0. The van der Waals surface area contributed by atoms with E-state index in [4.69, 9.17) is 11.6 Å². The van der Waals surface area contributed by atoms with Gasteiger partial charge in [0.05, 0.1) is 17.2 Å². The number of halogens is 4. The van der Waals surface area contributed by atoms with Gasteiger partial charge in [0.15, 0.2) is 0 Å². The smallest absolute Gasteiger partial charge is 0.291 e. The number of likely N-dealkylation sites (tertiary alicyclic amines) is 1. The van der Waals surface area contributed by atoms with Crippen molar-refractivity contribution in [2.24, 2.45) is 11.3 Å². The van der Waals surface area contributed by atoms with Gasteiger partial charge in [0.25, 0.3) is 0 Å². The molecule has 4 aliphatic rings. The van der Waals surface area contributed by atoms with Gasteiger partial charge in [-0.2, -0.15) is 18.4 Å². The Balaban J connectivity index is 1.30. The van der Waals surface area contributed by atoms with E-state index in [1.807, 2.05) is 30.5 Å². The summed E-state index contributed by atoms with van der Waals surface area (Å²) >= 11 is 6.20. The molecule has 0 radical (unpaired) electrons. The Hall–Kier alpha value is -3.66. The summed E-state index contributed by atoms with van der Waals surface area (Å²) < 4.78 is 39.7. The predicted octanol–water partition coefficient (Wildman–Crippen LogP) is 8.31. The number of rotatable bonds is 5. The Bertz CT molecular complexity index is 1600. The second-order valence-corrected chi connectivity index (χ2v) is 12.3. The zero-order valence-corrected chi connectivity index (χ0v) is 22.9. The molecule has 1 unspecified atom stereocenters. The summed E-state index contributed by atoms with van der Waals surface area (Å²) in [6.07, 6.45) is -0.460. The first kappa shape index (κ1) is 26.3. The molecule has 206 valence electrons. The highest BCUT2D eigenvalue weighted by Gasteiger charge is 2.77. The fourth-order valence-corrected chi connectivity index (χ4v) is 8.59. The van der Waals surface area contributed by atoms with E-state index < -0.39 is 11.7 Å². The lowest BCUT2D eigenvalue weighted by Gasteiger charge is -2.53. The third-order valence-corrected chi connectivity index (χ3v) is 10.1. The lowest BCUT2D eigenvalue weighted by molar-refractivity contribution is -0.137. The maximum Gasteiger partial charge on any atom is 0.416 e. The molecule has 1 aromatic heterocycles. The van der Waals surface area contributed by atoms with Gasteiger partial charge < -0.3 is 0 Å². The third-order valence-electron chi connectivity index (χ3n) is 9.85. The molecule has 3 aromatic carbocycles. The molecule has 0 amide bonds. The molecule has 2 bridgehead atoms. The highest BCUT2D eigenvalue weighted by molar-refractivity contribution is 6.29. The molecular weight excluding hydrogens is 543 g/mol. The molecule has 1 spiro atoms. The topological polar surface area (TPSA) is 39.9 Å². The van der Waals surface area contributed by atoms with Crippen molar-refractivity contribution < 1.29 is 13.2 Å². The Morgan fingerprint density at radius 2 is 1.61 bits per heavy atom. The number of nitriles is 1. The van der Waals surface area contributed by atoms with Gasteiger partial charge in [-0.25, -0.2) is 4.98 Å². The monoisotopic (exact) mass is 569 g/mol. The lowest BCUT2D eigenvalue weighted by Crippen LogP contribution is -2.47. The zero-order chi connectivity index (χ0) is 28.4. The van der Waals surface area contributed by atoms with Crippen LogP contribution < -0.4 is 0 Å². The van der Waals surface area contributed by atoms with Crippen molar-refractivity contribution in [2.45, 2.75) is 42.9 Å². The maximum atomic E-state index is 13.2. The van der Waals surface area contributed by atoms with Crippen molar-refractivity contribution in [2.75, 3.05) is 6.54 Å². The number of alkyl halides is 3. The molecule has 4 aromatic rings. The third kappa shape index (κ3) is 4.09. The molecule has 2 heterocycles. The summed E-state index contributed by atoms with van der Waals surface area (Å²) in [4.78, 5) is 6.92. The van der Waals surface area contributed by atoms with Crippen LogP contribution in [0.1, 0.15) is 58.2 Å². The van der Waals surface area contributed by atoms with E-state index in [9.17, 15) is 18.4 Å². The second kappa shape index (κ2) is 9.44. The molecule has 41 heavy (non-hydrogen) atoms. The van der Waals surface area contributed by atoms with E-state index in [2.05, 4.69) is 58.4 Å². The Kier molecular flexibility index (Phi) is 6.04. The number of hydrogen-bond acceptors (Lipinski definition) is 3. The quantitative estimate of drug-likeness (QED) is 0.227. The summed E-state index contributed by atoms with van der Waals surface area (Å²) in [6.45, 7) is 1.40. The minimum Gasteiger partial charge on any atom is -0.291 e. The molecular formula is C34H27ClF3N3. The van der Waals surface area contributed by atoms with Crippen molar-refractivity contribution in [3.05, 3.63) is 136 Å². The van der Waals surface area contributed by atoms with Crippen molar-refractivity contribution in [3.63, 3.8) is 0 Å². The van der Waals surface area contributed by atoms with E-state index in [0.29, 0.717) is 23.2 Å². The van der Waals surface area contributed by atoms with Crippen molar-refractivity contribution in [1.29, 1.82) is 5.26 Å². The van der Waals surface area contributed by atoms with Crippen LogP contribution in [0.4, 0.5) is 13.2 Å². The number of benzene rings is 3. The standard InChI is InChI=1S/C34H27ClF3N3/c35-29-15-10-25(17-40-29)30-28-19-41(18-23-8-13-27(14-9-23)34(36,37)38)31(24-4-2-1-3-5-24)33(28)20-32(30,21-33)26-11-6-22(16-39)7-12-26/h1-15,17,28,30-31H,18-21H2/t28-,30?,31-,32?,33?/m1/s1. The Morgan fingerprint density at radius 1 is 0.902 bits per heavy atom. The molecule has 0 N–H and O–H groups in total. The van der Waals surface area contributed by atoms with Crippen molar-refractivity contribution in [3.8, 4) is 6.07 Å². The van der Waals surface area contributed by atoms with Gasteiger partial charge in [0.1, 0.15) is 5.15 Å². The zero-order valence-electron chi connectivity index (χ0n) is 22.2. The van der Waals surface area contributed by atoms with Crippen LogP contribution in [0, 0.1) is 22.7 Å². The van der Waals surface area contributed by atoms with Crippen LogP contribution in [-0.2, 0) is 18.1 Å². The minimum atomic E-state index is -4.35. The summed E-state index contributed by atoms with van der Waals surface area (Å²) in [7, 11) is 0. The molecule has 7 heteroatoms. The molecule has 4 fully saturated rings. The highest BCUT2D eigenvalue weighted by Crippen LogP contribution is 2.82. The van der Waals surface area contributed by atoms with Gasteiger partial charge in [-0.3, -0.25) is 4.90 Å². The van der Waals surface area contributed by atoms with Gasteiger partial charge in [-0.15, -0.1) is 0 Å². The SMILES string of the molecule is N#Cc1ccc(C23CC4(C2)[C@H](CN(Cc2ccc(C(F)(F)F)cc2)[C@@H]4c2ccccc2)C3c2ccc(Cl)nc2)cc1. The van der Waals surface area contributed by atoms with Gasteiger partial charge in [0.2, 0.25) is 0 Å². The number of aromatic nitrogens is 1. The second-order valence-electron chi connectivity index (χ2n) is 11.9. The molecule has 3 atom stereocenters. The van der Waals surface area contributed by atoms with E-state index >= 15 is 0 Å². The van der Waals surface area contributed by atoms with Crippen LogP contribution in [0.25, 0.3) is 0 Å². The average molecular weight is 570 g/mol. The molecule has 1 saturated heterocycles. The summed E-state index contributed by atoms with van der Waals surface area (Å²) in [6, 6.07) is 30.5. The molecule has 3 nitrogen and oxygen atoms in total. The fourth-order valence-electron chi connectivity index (χ4n) is 8.48. The van der Waals surface area contributed by atoms with E-state index in [1.54, 1.807) is 12.1 Å². The Morgan fingerprint density at radius 3 is 2.22 bits per heavy atom. The molecule has 8 rings (SSSR count). The Labute approximate surface area is 242 Å². The van der Waals surface area contributed by atoms with Gasteiger partial charge >= 0.3 is 6.18 Å². The normalized spacial score (nSPS) is 28.6. The van der Waals surface area contributed by atoms with Crippen LogP contribution in [0.15, 0.2) is 97.2 Å². The van der Waals surface area contributed by atoms with Gasteiger partial charge in [-0.1, -0.05) is 72.3 Å². The first-order valence-corrected chi connectivity index (χ1v) is 14.2. The van der Waals surface area contributed by atoms with E-state index in [1.165, 1.54) is 23.3 Å². The summed E-state index contributed by atoms with van der Waals surface area (Å²) in [5, 5.41) is 9.85. The molecule has 1 aliphatic heterocycles. The van der Waals surface area contributed by atoms with Gasteiger partial charge in [-0.05, 0) is 82.7 Å². The fraction of sp³-hybridized carbons (Fsp3) is 0.294. The summed E-state index contributed by atoms with van der Waals surface area (Å²) in [5.41, 5.74) is 4.46. The first-order valence-electron chi connectivity index (χ1n) is 13.8. The van der Waals surface area contributed by atoms with Crippen molar-refractivity contribution >= 4 is 11.6 Å². The first-order chi connectivity index (χ1) is 19.7. The maximum absolute atomic E-state index is 13.2. The predicted molar refractivity (Wildman–Crippen MR) is 151 cm³/mol. The largest absolute Gasteiger partial charge is 0.416 e.